The Morgan fingerprint density at radius 2 is 1.42 bits per heavy atom. The molecule has 14 heteroatoms. The van der Waals surface area contributed by atoms with Gasteiger partial charge in [0.05, 0.1) is 48.8 Å². The maximum Gasteiger partial charge on any atom is 0.257 e. The maximum absolute atomic E-state index is 13.7. The van der Waals surface area contributed by atoms with Crippen LogP contribution >= 0.6 is 21.6 Å². The van der Waals surface area contributed by atoms with E-state index in [1.54, 1.807) is 49.3 Å². The molecule has 4 aliphatic heterocycles. The SMILES string of the molecule is C/C=C1\C[C@H]2C=Nc3cc(OCc4cc(COc5cc6c(cc5OC)C(=O)N5CC(C)CC5C=N6)cc(OCCN(C)CC(C)(C)SSC)c4)c(OC)cc3C(=O)N2C1. The zero-order valence-corrected chi connectivity index (χ0v) is 36.9. The third-order valence-electron chi connectivity index (χ3n) is 11.0. The number of methoxy groups -OCH3 is 2. The molecule has 0 spiro atoms. The number of ether oxygens (including phenoxy) is 5. The summed E-state index contributed by atoms with van der Waals surface area (Å²) < 4.78 is 30.8. The monoisotopic (exact) mass is 841 g/mol. The molecule has 0 aromatic heterocycles. The lowest BCUT2D eigenvalue weighted by molar-refractivity contribution is 0.0765. The van der Waals surface area contributed by atoms with Crippen LogP contribution in [0, 0.1) is 5.92 Å². The second kappa shape index (κ2) is 18.3. The zero-order valence-electron chi connectivity index (χ0n) is 35.3. The van der Waals surface area contributed by atoms with Gasteiger partial charge in [-0.25, -0.2) is 0 Å². The number of hydrogen-bond acceptors (Lipinski definition) is 12. The van der Waals surface area contributed by atoms with Crippen LogP contribution in [0.15, 0.2) is 64.1 Å². The first kappa shape index (κ1) is 42.5. The van der Waals surface area contributed by atoms with Gasteiger partial charge in [-0.15, -0.1) is 0 Å². The summed E-state index contributed by atoms with van der Waals surface area (Å²) in [5.74, 6) is 2.84. The highest BCUT2D eigenvalue weighted by Crippen LogP contribution is 2.41. The summed E-state index contributed by atoms with van der Waals surface area (Å²) in [5.41, 5.74) is 5.02. The molecule has 2 fully saturated rings. The molecule has 0 aliphatic carbocycles. The number of likely N-dealkylation sites (N-methyl/N-ethyl adjacent to an activating group) is 1. The summed E-state index contributed by atoms with van der Waals surface area (Å²) >= 11 is 0. The Kier molecular flexibility index (Phi) is 13.2. The highest BCUT2D eigenvalue weighted by atomic mass is 33.1. The van der Waals surface area contributed by atoms with Gasteiger partial charge in [0.1, 0.15) is 25.6 Å². The fourth-order valence-corrected chi connectivity index (χ4v) is 10.5. The molecule has 314 valence electrons. The van der Waals surface area contributed by atoms with E-state index in [-0.39, 0.29) is 41.9 Å². The zero-order chi connectivity index (χ0) is 41.8. The molecule has 0 saturated carbocycles. The van der Waals surface area contributed by atoms with E-state index in [0.29, 0.717) is 76.9 Å². The Bertz CT molecular complexity index is 2160. The number of nitrogens with zero attached hydrogens (tertiary/aromatic N) is 5. The minimum Gasteiger partial charge on any atom is -0.493 e. The Morgan fingerprint density at radius 1 is 0.831 bits per heavy atom. The van der Waals surface area contributed by atoms with Crippen LogP contribution in [0.4, 0.5) is 11.4 Å². The maximum atomic E-state index is 13.7. The Morgan fingerprint density at radius 3 is 2.00 bits per heavy atom. The lowest BCUT2D eigenvalue weighted by Gasteiger charge is -2.28. The van der Waals surface area contributed by atoms with Crippen molar-refractivity contribution in [2.45, 2.75) is 70.6 Å². The smallest absolute Gasteiger partial charge is 0.257 e. The van der Waals surface area contributed by atoms with Crippen molar-refractivity contribution in [1.29, 1.82) is 0 Å². The van der Waals surface area contributed by atoms with E-state index >= 15 is 0 Å². The fraction of sp³-hybridized carbons (Fsp3) is 0.467. The van der Waals surface area contributed by atoms with Crippen molar-refractivity contribution in [3.05, 3.63) is 76.4 Å². The molecular weight excluding hydrogens is 787 g/mol. The summed E-state index contributed by atoms with van der Waals surface area (Å²) in [5, 5.41) is 0. The van der Waals surface area contributed by atoms with E-state index in [4.69, 9.17) is 33.7 Å². The van der Waals surface area contributed by atoms with Gasteiger partial charge in [-0.3, -0.25) is 19.6 Å². The van der Waals surface area contributed by atoms with Gasteiger partial charge in [-0.1, -0.05) is 40.2 Å². The molecular formula is C45H55N5O7S2. The largest absolute Gasteiger partial charge is 0.493 e. The van der Waals surface area contributed by atoms with Gasteiger partial charge in [0.15, 0.2) is 23.0 Å². The average molecular weight is 842 g/mol. The Labute approximate surface area is 355 Å². The molecule has 2 amide bonds. The highest BCUT2D eigenvalue weighted by Gasteiger charge is 2.37. The van der Waals surface area contributed by atoms with Gasteiger partial charge in [-0.05, 0) is 94.3 Å². The van der Waals surface area contributed by atoms with E-state index in [2.05, 4.69) is 45.1 Å². The second-order valence-corrected chi connectivity index (χ2v) is 19.4. The Hall–Kier alpha value is -4.66. The van der Waals surface area contributed by atoms with Gasteiger partial charge < -0.3 is 38.4 Å². The third-order valence-corrected chi connectivity index (χ3v) is 13.6. The molecule has 3 aromatic rings. The lowest BCUT2D eigenvalue weighted by Crippen LogP contribution is -2.35. The van der Waals surface area contributed by atoms with Crippen LogP contribution in [0.5, 0.6) is 28.7 Å². The van der Waals surface area contributed by atoms with Gasteiger partial charge in [0, 0.05) is 55.5 Å². The fourth-order valence-electron chi connectivity index (χ4n) is 8.25. The summed E-state index contributed by atoms with van der Waals surface area (Å²) in [7, 11) is 8.90. The molecule has 0 radical (unpaired) electrons. The van der Waals surface area contributed by atoms with Crippen LogP contribution in [-0.2, 0) is 13.2 Å². The average Bonchev–Trinajstić information content (AvgIpc) is 3.75. The van der Waals surface area contributed by atoms with Crippen molar-refractivity contribution in [2.24, 2.45) is 15.9 Å². The van der Waals surface area contributed by atoms with Crippen LogP contribution in [-0.4, -0.2) is 116 Å². The van der Waals surface area contributed by atoms with Crippen molar-refractivity contribution in [2.75, 3.05) is 60.3 Å². The molecule has 4 aliphatic rings. The summed E-state index contributed by atoms with van der Waals surface area (Å²) in [6, 6.07) is 12.9. The van der Waals surface area contributed by atoms with Crippen LogP contribution in [0.1, 0.15) is 72.4 Å². The van der Waals surface area contributed by atoms with E-state index in [1.807, 2.05) is 58.1 Å². The second-order valence-electron chi connectivity index (χ2n) is 16.3. The van der Waals surface area contributed by atoms with Gasteiger partial charge in [0.25, 0.3) is 11.8 Å². The number of aliphatic imine (C=N–C) groups is 2. The third kappa shape index (κ3) is 9.71. The first-order chi connectivity index (χ1) is 28.4. The molecule has 0 N–H and O–H groups in total. The number of carbonyl (C=O) groups excluding carboxylic acids is 2. The molecule has 59 heavy (non-hydrogen) atoms. The van der Waals surface area contributed by atoms with Crippen LogP contribution in [0.25, 0.3) is 0 Å². The van der Waals surface area contributed by atoms with Crippen molar-refractivity contribution in [3.63, 3.8) is 0 Å². The van der Waals surface area contributed by atoms with Crippen LogP contribution in [0.3, 0.4) is 0 Å². The Balaban J connectivity index is 1.11. The summed E-state index contributed by atoms with van der Waals surface area (Å²) in [6.45, 7) is 12.5. The quantitative estimate of drug-likeness (QED) is 0.103. The predicted octanol–water partition coefficient (Wildman–Crippen LogP) is 8.41. The molecule has 2 saturated heterocycles. The van der Waals surface area contributed by atoms with E-state index < -0.39 is 0 Å². The molecule has 7 rings (SSSR count). The number of carbonyl (C=O) groups is 2. The number of fused-ring (bicyclic) bond motifs is 4. The van der Waals surface area contributed by atoms with Gasteiger partial charge in [-0.2, -0.15) is 0 Å². The summed E-state index contributed by atoms with van der Waals surface area (Å²) in [4.78, 5) is 42.7. The normalized spacial score (nSPS) is 20.3. The van der Waals surface area contributed by atoms with E-state index in [9.17, 15) is 9.59 Å². The standard InChI is InChI=1S/C45H55N5O7S2/c1-9-29-14-33-22-47-38-20-42(40(54-7)18-36(38)44(52)50(33)24-29)57-26-31-13-30(15-34(16-31)55-11-10-48(5)27-45(3,4)59-58-8)25-56-41-19-37-35(17-39(41)53-6)43(51)49-23-28(2)12-32(49)21-46-37/h9,13,15-22,28,32-33H,10-12,14,23-27H2,1-8H3/b29-9+/t28?,32?,33-/m0/s1. The van der Waals surface area contributed by atoms with Crippen LogP contribution < -0.4 is 23.7 Å². The molecule has 12 nitrogen and oxygen atoms in total. The summed E-state index contributed by atoms with van der Waals surface area (Å²) in [6.07, 6.45) is 9.59. The number of rotatable bonds is 16. The minimum absolute atomic E-state index is 0.0189. The number of allylic oxidation sites excluding steroid dienone is 1. The molecule has 3 atom stereocenters. The molecule has 0 bridgehead atoms. The van der Waals surface area contributed by atoms with E-state index in [0.717, 1.165) is 37.1 Å². The van der Waals surface area contributed by atoms with Crippen molar-refractivity contribution in [1.82, 2.24) is 14.7 Å². The first-order valence-electron chi connectivity index (χ1n) is 20.1. The van der Waals surface area contributed by atoms with Crippen LogP contribution in [0.2, 0.25) is 0 Å². The predicted molar refractivity (Wildman–Crippen MR) is 237 cm³/mol. The van der Waals surface area contributed by atoms with Gasteiger partial charge in [0.2, 0.25) is 0 Å². The minimum atomic E-state index is -0.0806. The number of benzene rings is 3. The molecule has 2 unspecified atom stereocenters. The number of hydrogen-bond donors (Lipinski definition) is 0. The first-order valence-corrected chi connectivity index (χ1v) is 22.6. The van der Waals surface area contributed by atoms with Crippen molar-refractivity contribution >= 4 is 57.2 Å². The van der Waals surface area contributed by atoms with Crippen molar-refractivity contribution in [3.8, 4) is 28.7 Å². The van der Waals surface area contributed by atoms with Crippen molar-refractivity contribution < 1.29 is 33.3 Å². The number of amides is 2. The topological polar surface area (TPSA) is 115 Å². The highest BCUT2D eigenvalue weighted by molar-refractivity contribution is 8.77. The molecule has 3 aromatic carbocycles. The molecule has 4 heterocycles. The van der Waals surface area contributed by atoms with Gasteiger partial charge >= 0.3 is 0 Å². The van der Waals surface area contributed by atoms with E-state index in [1.165, 1.54) is 5.57 Å². The lowest BCUT2D eigenvalue weighted by atomic mass is 10.1.